The fourth-order valence-corrected chi connectivity index (χ4v) is 8.43. The molecule has 1 aliphatic rings. The second-order valence-electron chi connectivity index (χ2n) is 15.2. The summed E-state index contributed by atoms with van der Waals surface area (Å²) in [6, 6.07) is 66.9. The highest BCUT2D eigenvalue weighted by molar-refractivity contribution is 5.97. The van der Waals surface area contributed by atoms with Gasteiger partial charge in [-0.2, -0.15) is 0 Å². The average Bonchev–Trinajstić information content (AvgIpc) is 3.44. The highest BCUT2D eigenvalue weighted by Gasteiger charge is 2.37. The second kappa shape index (κ2) is 13.1. The molecule has 8 aromatic carbocycles. The molecule has 0 saturated carbocycles. The van der Waals surface area contributed by atoms with E-state index in [-0.39, 0.29) is 5.41 Å². The van der Waals surface area contributed by atoms with E-state index in [2.05, 4.69) is 215 Å². The number of hydrogen-bond acceptors (Lipinski definition) is 1. The van der Waals surface area contributed by atoms with Crippen LogP contribution in [0.4, 0.5) is 17.1 Å². The van der Waals surface area contributed by atoms with Crippen molar-refractivity contribution in [2.24, 2.45) is 0 Å². The van der Waals surface area contributed by atoms with Gasteiger partial charge in [0.1, 0.15) is 0 Å². The van der Waals surface area contributed by atoms with Gasteiger partial charge in [-0.3, -0.25) is 0 Å². The molecule has 0 amide bonds. The van der Waals surface area contributed by atoms with Crippen LogP contribution in [-0.2, 0) is 5.41 Å². The maximum absolute atomic E-state index is 2.44. The lowest BCUT2D eigenvalue weighted by Crippen LogP contribution is -2.16. The Bertz CT molecular complexity index is 2580. The van der Waals surface area contributed by atoms with Crippen LogP contribution in [0, 0.1) is 0 Å². The van der Waals surface area contributed by atoms with Crippen LogP contribution in [0.15, 0.2) is 182 Å². The lowest BCUT2D eigenvalue weighted by molar-refractivity contribution is 0.659. The summed E-state index contributed by atoms with van der Waals surface area (Å²) < 4.78 is 0. The maximum Gasteiger partial charge on any atom is 0.0465 e. The van der Waals surface area contributed by atoms with E-state index < -0.39 is 0 Å². The van der Waals surface area contributed by atoms with Crippen molar-refractivity contribution in [2.45, 2.75) is 39.0 Å². The summed E-state index contributed by atoms with van der Waals surface area (Å²) in [5.41, 5.74) is 17.6. The summed E-state index contributed by atoms with van der Waals surface area (Å²) >= 11 is 0. The van der Waals surface area contributed by atoms with Crippen molar-refractivity contribution in [3.05, 3.63) is 199 Å². The molecule has 0 fully saturated rings. The van der Waals surface area contributed by atoms with Gasteiger partial charge in [0, 0.05) is 22.5 Å². The molecule has 0 saturated heterocycles. The summed E-state index contributed by atoms with van der Waals surface area (Å²) in [6.45, 7) is 9.38. The molecule has 53 heavy (non-hydrogen) atoms. The fourth-order valence-electron chi connectivity index (χ4n) is 8.43. The topological polar surface area (TPSA) is 3.24 Å². The molecule has 0 radical (unpaired) electrons. The van der Waals surface area contributed by atoms with Crippen molar-refractivity contribution in [1.29, 1.82) is 0 Å². The predicted octanol–water partition coefficient (Wildman–Crippen LogP) is 14.7. The van der Waals surface area contributed by atoms with Crippen molar-refractivity contribution in [2.75, 3.05) is 4.90 Å². The number of hydrogen-bond donors (Lipinski definition) is 0. The molecule has 0 unspecified atom stereocenters. The maximum atomic E-state index is 2.44. The lowest BCUT2D eigenvalue weighted by Gasteiger charge is -2.28. The van der Waals surface area contributed by atoms with E-state index in [9.17, 15) is 0 Å². The van der Waals surface area contributed by atoms with Gasteiger partial charge in [-0.25, -0.2) is 0 Å². The molecular weight excluding hydrogens is 639 g/mol. The number of anilines is 3. The minimum Gasteiger partial charge on any atom is -0.310 e. The van der Waals surface area contributed by atoms with Crippen LogP contribution in [0.1, 0.15) is 50.3 Å². The van der Waals surface area contributed by atoms with Crippen LogP contribution in [0.2, 0.25) is 0 Å². The van der Waals surface area contributed by atoms with Crippen molar-refractivity contribution in [3.8, 4) is 44.5 Å². The van der Waals surface area contributed by atoms with Crippen LogP contribution in [0.25, 0.3) is 55.3 Å². The molecular formula is C52H43N. The third kappa shape index (κ3) is 5.74. The van der Waals surface area contributed by atoms with Crippen LogP contribution in [0.3, 0.4) is 0 Å². The molecule has 0 bridgehead atoms. The molecule has 9 rings (SSSR count). The molecule has 0 aromatic heterocycles. The first kappa shape index (κ1) is 32.7. The normalized spacial score (nSPS) is 12.8. The monoisotopic (exact) mass is 681 g/mol. The summed E-state index contributed by atoms with van der Waals surface area (Å²) in [7, 11) is 0. The molecule has 1 heteroatoms. The standard InChI is InChI=1S/C52H43N/c1-35(2)45-20-13-21-49-51(45)46-31-30-44(34-50(46)52(49,3)4)53(42-26-22-37(23-27-42)36-14-7-5-8-15-36)43-28-24-39(25-29-43)48-33-41-19-12-11-18-40(41)32-47(48)38-16-9-6-10-17-38/h5-35H,1-4H3. The average molecular weight is 682 g/mol. The highest BCUT2D eigenvalue weighted by Crippen LogP contribution is 2.53. The van der Waals surface area contributed by atoms with E-state index in [0.717, 1.165) is 17.1 Å². The second-order valence-corrected chi connectivity index (χ2v) is 15.2. The first-order valence-corrected chi connectivity index (χ1v) is 18.8. The predicted molar refractivity (Wildman–Crippen MR) is 227 cm³/mol. The van der Waals surface area contributed by atoms with Gasteiger partial charge < -0.3 is 4.90 Å². The smallest absolute Gasteiger partial charge is 0.0465 e. The number of rotatable bonds is 7. The third-order valence-corrected chi connectivity index (χ3v) is 11.2. The van der Waals surface area contributed by atoms with Gasteiger partial charge in [0.15, 0.2) is 0 Å². The Morgan fingerprint density at radius 2 is 0.887 bits per heavy atom. The van der Waals surface area contributed by atoms with Crippen LogP contribution >= 0.6 is 0 Å². The largest absolute Gasteiger partial charge is 0.310 e. The first-order valence-electron chi connectivity index (χ1n) is 18.8. The van der Waals surface area contributed by atoms with Crippen molar-refractivity contribution < 1.29 is 0 Å². The van der Waals surface area contributed by atoms with Gasteiger partial charge in [-0.15, -0.1) is 0 Å². The van der Waals surface area contributed by atoms with Gasteiger partial charge in [-0.1, -0.05) is 161 Å². The quantitative estimate of drug-likeness (QED) is 0.162. The Morgan fingerprint density at radius 1 is 0.396 bits per heavy atom. The SMILES string of the molecule is CC(C)c1cccc2c1-c1ccc(N(c3ccc(-c4ccccc4)cc3)c3ccc(-c4cc5ccccc5cc4-c4ccccc4)cc3)cc1C2(C)C. The third-order valence-electron chi connectivity index (χ3n) is 11.2. The molecule has 1 nitrogen and oxygen atoms in total. The lowest BCUT2D eigenvalue weighted by atomic mass is 9.81. The Kier molecular flexibility index (Phi) is 8.09. The minimum absolute atomic E-state index is 0.109. The van der Waals surface area contributed by atoms with Gasteiger partial charge in [0.05, 0.1) is 0 Å². The number of fused-ring (bicyclic) bond motifs is 4. The Morgan fingerprint density at radius 3 is 1.47 bits per heavy atom. The number of benzene rings is 8. The Labute approximate surface area is 313 Å². The van der Waals surface area contributed by atoms with Crippen molar-refractivity contribution in [3.63, 3.8) is 0 Å². The Hall–Kier alpha value is -6.18. The molecule has 8 aromatic rings. The van der Waals surface area contributed by atoms with E-state index >= 15 is 0 Å². The van der Waals surface area contributed by atoms with E-state index in [4.69, 9.17) is 0 Å². The zero-order valence-electron chi connectivity index (χ0n) is 30.8. The zero-order valence-corrected chi connectivity index (χ0v) is 30.8. The van der Waals surface area contributed by atoms with Crippen LogP contribution in [0.5, 0.6) is 0 Å². The molecule has 0 spiro atoms. The molecule has 0 atom stereocenters. The van der Waals surface area contributed by atoms with Gasteiger partial charge >= 0.3 is 0 Å². The van der Waals surface area contributed by atoms with Crippen LogP contribution < -0.4 is 4.90 Å². The minimum atomic E-state index is -0.109. The van der Waals surface area contributed by atoms with E-state index in [1.165, 1.54) is 72.0 Å². The van der Waals surface area contributed by atoms with Crippen molar-refractivity contribution in [1.82, 2.24) is 0 Å². The molecule has 0 aliphatic heterocycles. The Balaban J connectivity index is 1.18. The van der Waals surface area contributed by atoms with E-state index in [1.54, 1.807) is 0 Å². The van der Waals surface area contributed by atoms with Crippen LogP contribution in [-0.4, -0.2) is 0 Å². The molecule has 0 heterocycles. The molecule has 1 aliphatic carbocycles. The highest BCUT2D eigenvalue weighted by atomic mass is 15.1. The molecule has 0 N–H and O–H groups in total. The summed E-state index contributed by atoms with van der Waals surface area (Å²) in [6.07, 6.45) is 0. The van der Waals surface area contributed by atoms with Gasteiger partial charge in [-0.05, 0) is 126 Å². The first-order chi connectivity index (χ1) is 25.9. The van der Waals surface area contributed by atoms with Gasteiger partial charge in [0.25, 0.3) is 0 Å². The molecule has 256 valence electrons. The fraction of sp³-hybridized carbons (Fsp3) is 0.115. The summed E-state index contributed by atoms with van der Waals surface area (Å²) in [5.74, 6) is 0.453. The van der Waals surface area contributed by atoms with E-state index in [1.807, 2.05) is 0 Å². The zero-order chi connectivity index (χ0) is 36.1. The summed E-state index contributed by atoms with van der Waals surface area (Å²) in [4.78, 5) is 2.42. The van der Waals surface area contributed by atoms with Crippen molar-refractivity contribution >= 4 is 27.8 Å². The summed E-state index contributed by atoms with van der Waals surface area (Å²) in [5, 5.41) is 2.49. The van der Waals surface area contributed by atoms with E-state index in [0.29, 0.717) is 5.92 Å². The number of nitrogens with zero attached hydrogens (tertiary/aromatic N) is 1. The van der Waals surface area contributed by atoms with Gasteiger partial charge in [0.2, 0.25) is 0 Å².